The first-order valence-electron chi connectivity index (χ1n) is 6.62. The zero-order valence-corrected chi connectivity index (χ0v) is 11.6. The highest BCUT2D eigenvalue weighted by Crippen LogP contribution is 2.10. The van der Waals surface area contributed by atoms with E-state index in [4.69, 9.17) is 0 Å². The van der Waals surface area contributed by atoms with Crippen molar-refractivity contribution in [1.82, 2.24) is 19.6 Å². The van der Waals surface area contributed by atoms with E-state index in [2.05, 4.69) is 20.4 Å². The van der Waals surface area contributed by atoms with Crippen LogP contribution in [0.4, 0.5) is 10.2 Å². The van der Waals surface area contributed by atoms with E-state index in [9.17, 15) is 14.0 Å². The molecule has 0 unspecified atom stereocenters. The van der Waals surface area contributed by atoms with Crippen LogP contribution in [0.1, 0.15) is 23.1 Å². The summed E-state index contributed by atoms with van der Waals surface area (Å²) in [5.74, 6) is 0.0811. The standard InChI is InChI=1S/C14H12FN5O2/c1-2-10-16-14-18-12(21)7-11(20(14)19-10)17-13(22)8-3-5-9(15)6-4-8/h3-7H,2H2,1H3,(H,17,22)(H,16,18,19,21). The number of aryl methyl sites for hydroxylation is 1. The van der Waals surface area contributed by atoms with Crippen LogP contribution in [0.3, 0.4) is 0 Å². The number of benzene rings is 1. The smallest absolute Gasteiger partial charge is 0.256 e. The van der Waals surface area contributed by atoms with Gasteiger partial charge < -0.3 is 5.32 Å². The third-order valence-electron chi connectivity index (χ3n) is 3.05. The van der Waals surface area contributed by atoms with Crippen LogP contribution in [0, 0.1) is 5.82 Å². The minimum Gasteiger partial charge on any atom is -0.306 e. The molecule has 0 radical (unpaired) electrons. The van der Waals surface area contributed by atoms with Gasteiger partial charge in [0.1, 0.15) is 11.6 Å². The fraction of sp³-hybridized carbons (Fsp3) is 0.143. The monoisotopic (exact) mass is 301 g/mol. The van der Waals surface area contributed by atoms with Crippen LogP contribution in [0.5, 0.6) is 0 Å². The zero-order valence-electron chi connectivity index (χ0n) is 11.6. The molecule has 2 heterocycles. The van der Waals surface area contributed by atoms with Crippen molar-refractivity contribution in [2.45, 2.75) is 13.3 Å². The van der Waals surface area contributed by atoms with Crippen molar-refractivity contribution in [2.24, 2.45) is 0 Å². The van der Waals surface area contributed by atoms with E-state index in [1.807, 2.05) is 6.92 Å². The Morgan fingerprint density at radius 2 is 2.09 bits per heavy atom. The highest BCUT2D eigenvalue weighted by molar-refractivity contribution is 6.03. The number of halogens is 1. The summed E-state index contributed by atoms with van der Waals surface area (Å²) in [6.45, 7) is 1.88. The highest BCUT2D eigenvalue weighted by atomic mass is 19.1. The number of carbonyl (C=O) groups excluding carboxylic acids is 1. The normalized spacial score (nSPS) is 10.8. The Kier molecular flexibility index (Phi) is 3.42. The van der Waals surface area contributed by atoms with Gasteiger partial charge in [-0.3, -0.25) is 14.6 Å². The quantitative estimate of drug-likeness (QED) is 0.764. The van der Waals surface area contributed by atoms with Gasteiger partial charge in [0.2, 0.25) is 5.78 Å². The number of carbonyl (C=O) groups is 1. The first kappa shape index (κ1) is 13.9. The van der Waals surface area contributed by atoms with Crippen LogP contribution in [-0.4, -0.2) is 25.5 Å². The van der Waals surface area contributed by atoms with E-state index >= 15 is 0 Å². The average molecular weight is 301 g/mol. The SMILES string of the molecule is CCc1nc2[nH]c(=O)cc(NC(=O)c3ccc(F)cc3)n2n1. The molecule has 8 heteroatoms. The number of rotatable bonds is 3. The van der Waals surface area contributed by atoms with Crippen LogP contribution in [0.25, 0.3) is 5.78 Å². The fourth-order valence-electron chi connectivity index (χ4n) is 1.96. The molecule has 0 saturated carbocycles. The van der Waals surface area contributed by atoms with Crippen molar-refractivity contribution in [3.05, 3.63) is 57.9 Å². The molecular weight excluding hydrogens is 289 g/mol. The number of H-pyrrole nitrogens is 1. The van der Waals surface area contributed by atoms with Crippen molar-refractivity contribution in [3.63, 3.8) is 0 Å². The average Bonchev–Trinajstić information content (AvgIpc) is 2.91. The molecule has 112 valence electrons. The Morgan fingerprint density at radius 1 is 1.36 bits per heavy atom. The molecule has 0 aliphatic rings. The number of aromatic amines is 1. The molecule has 7 nitrogen and oxygen atoms in total. The van der Waals surface area contributed by atoms with E-state index in [1.54, 1.807) is 0 Å². The second kappa shape index (κ2) is 5.40. The molecule has 0 fully saturated rings. The number of hydrogen-bond donors (Lipinski definition) is 2. The molecule has 2 aromatic heterocycles. The molecule has 1 amide bonds. The van der Waals surface area contributed by atoms with Gasteiger partial charge in [-0.2, -0.15) is 9.50 Å². The summed E-state index contributed by atoms with van der Waals surface area (Å²) < 4.78 is 14.2. The predicted octanol–water partition coefficient (Wildman–Crippen LogP) is 1.37. The van der Waals surface area contributed by atoms with Gasteiger partial charge in [0.05, 0.1) is 0 Å². The molecule has 0 aliphatic heterocycles. The Morgan fingerprint density at radius 3 is 2.77 bits per heavy atom. The molecule has 0 bridgehead atoms. The maximum Gasteiger partial charge on any atom is 0.256 e. The van der Waals surface area contributed by atoms with Crippen LogP contribution in [-0.2, 0) is 6.42 Å². The molecule has 1 aromatic carbocycles. The van der Waals surface area contributed by atoms with Gasteiger partial charge in [-0.05, 0) is 24.3 Å². The number of anilines is 1. The Labute approximate surface area is 123 Å². The maximum atomic E-state index is 12.9. The summed E-state index contributed by atoms with van der Waals surface area (Å²) in [7, 11) is 0. The van der Waals surface area contributed by atoms with Crippen molar-refractivity contribution in [2.75, 3.05) is 5.32 Å². The van der Waals surface area contributed by atoms with Crippen LogP contribution >= 0.6 is 0 Å². The third kappa shape index (κ3) is 2.58. The van der Waals surface area contributed by atoms with Crippen LogP contribution in [0.15, 0.2) is 35.1 Å². The topological polar surface area (TPSA) is 92.1 Å². The summed E-state index contributed by atoms with van der Waals surface area (Å²) in [5, 5.41) is 6.77. The molecule has 3 rings (SSSR count). The third-order valence-corrected chi connectivity index (χ3v) is 3.05. The number of fused-ring (bicyclic) bond motifs is 1. The fourth-order valence-corrected chi connectivity index (χ4v) is 1.96. The van der Waals surface area contributed by atoms with Crippen LogP contribution in [0.2, 0.25) is 0 Å². The van der Waals surface area contributed by atoms with Crippen LogP contribution < -0.4 is 10.9 Å². The first-order chi connectivity index (χ1) is 10.6. The minimum absolute atomic E-state index is 0.195. The molecule has 0 saturated heterocycles. The van der Waals surface area contributed by atoms with E-state index in [1.165, 1.54) is 34.8 Å². The number of nitrogens with zero attached hydrogens (tertiary/aromatic N) is 3. The number of nitrogens with one attached hydrogen (secondary N) is 2. The maximum absolute atomic E-state index is 12.9. The van der Waals surface area contributed by atoms with Gasteiger partial charge in [0.25, 0.3) is 11.5 Å². The van der Waals surface area contributed by atoms with Crippen molar-refractivity contribution < 1.29 is 9.18 Å². The van der Waals surface area contributed by atoms with Gasteiger partial charge in [-0.1, -0.05) is 6.92 Å². The number of aromatic nitrogens is 4. The van der Waals surface area contributed by atoms with E-state index < -0.39 is 17.3 Å². The summed E-state index contributed by atoms with van der Waals surface area (Å²) in [5.41, 5.74) is -0.136. The summed E-state index contributed by atoms with van der Waals surface area (Å²) >= 11 is 0. The summed E-state index contributed by atoms with van der Waals surface area (Å²) in [6.07, 6.45) is 0.592. The highest BCUT2D eigenvalue weighted by Gasteiger charge is 2.12. The molecular formula is C14H12FN5O2. The number of hydrogen-bond acceptors (Lipinski definition) is 4. The lowest BCUT2D eigenvalue weighted by Crippen LogP contribution is -2.18. The first-order valence-corrected chi connectivity index (χ1v) is 6.62. The molecule has 2 N–H and O–H groups in total. The predicted molar refractivity (Wildman–Crippen MR) is 77.3 cm³/mol. The summed E-state index contributed by atoms with van der Waals surface area (Å²) in [6, 6.07) is 6.30. The van der Waals surface area contributed by atoms with Gasteiger partial charge in [-0.25, -0.2) is 4.39 Å². The zero-order chi connectivity index (χ0) is 15.7. The lowest BCUT2D eigenvalue weighted by molar-refractivity contribution is 0.102. The second-order valence-corrected chi connectivity index (χ2v) is 4.60. The molecule has 22 heavy (non-hydrogen) atoms. The molecule has 0 spiro atoms. The lowest BCUT2D eigenvalue weighted by Gasteiger charge is -2.06. The largest absolute Gasteiger partial charge is 0.306 e. The van der Waals surface area contributed by atoms with Crippen molar-refractivity contribution in [1.29, 1.82) is 0 Å². The Hall–Kier alpha value is -3.03. The van der Waals surface area contributed by atoms with Gasteiger partial charge in [-0.15, -0.1) is 5.10 Å². The minimum atomic E-state index is -0.472. The van der Waals surface area contributed by atoms with E-state index in [-0.39, 0.29) is 17.2 Å². The second-order valence-electron chi connectivity index (χ2n) is 4.60. The Bertz CT molecular complexity index is 898. The molecule has 0 atom stereocenters. The van der Waals surface area contributed by atoms with Gasteiger partial charge >= 0.3 is 0 Å². The van der Waals surface area contributed by atoms with Gasteiger partial charge in [0, 0.05) is 18.1 Å². The molecule has 3 aromatic rings. The van der Waals surface area contributed by atoms with Crippen molar-refractivity contribution >= 4 is 17.5 Å². The van der Waals surface area contributed by atoms with Crippen molar-refractivity contribution in [3.8, 4) is 0 Å². The summed E-state index contributed by atoms with van der Waals surface area (Å²) in [4.78, 5) is 30.5. The lowest BCUT2D eigenvalue weighted by atomic mass is 10.2. The number of amides is 1. The van der Waals surface area contributed by atoms with Gasteiger partial charge in [0.15, 0.2) is 5.82 Å². The van der Waals surface area contributed by atoms with E-state index in [0.717, 1.165) is 0 Å². The van der Waals surface area contributed by atoms with E-state index in [0.29, 0.717) is 12.2 Å². The molecule has 0 aliphatic carbocycles. The Balaban J connectivity index is 1.99.